The maximum absolute atomic E-state index is 12.6. The van der Waals surface area contributed by atoms with Crippen LogP contribution in [0.1, 0.15) is 25.3 Å². The van der Waals surface area contributed by atoms with E-state index in [9.17, 15) is 23.1 Å². The molecule has 10 heteroatoms. The number of aromatic nitrogens is 1. The molecule has 0 radical (unpaired) electrons. The molecule has 3 rings (SSSR count). The number of likely N-dealkylation sites (tertiary alicyclic amines) is 1. The van der Waals surface area contributed by atoms with Crippen LogP contribution in [0, 0.1) is 12.8 Å². The number of nitrogens with one attached hydrogen (secondary N) is 1. The fourth-order valence-electron chi connectivity index (χ4n) is 3.63. The smallest absolute Gasteiger partial charge is 0.389 e. The minimum absolute atomic E-state index is 0.0625. The highest BCUT2D eigenvalue weighted by Gasteiger charge is 2.36. The number of ether oxygens (including phenoxy) is 1. The van der Waals surface area contributed by atoms with Gasteiger partial charge in [0, 0.05) is 31.3 Å². The molecule has 2 aromatic rings. The quantitative estimate of drug-likeness (QED) is 0.562. The Morgan fingerprint density at radius 1 is 1.38 bits per heavy atom. The van der Waals surface area contributed by atoms with Crippen molar-refractivity contribution in [3.05, 3.63) is 41.0 Å². The molecule has 0 aliphatic carbocycles. The van der Waals surface area contributed by atoms with Crippen molar-refractivity contribution in [3.63, 3.8) is 0 Å². The molecule has 1 aliphatic rings. The SMILES string of the molecule is Cc1ccc(NC(=O)N2CCC(CC(F)(F)F)C2)cc1-c1cc(Cl)nc(OCC(C)O)c1. The molecule has 2 heterocycles. The molecule has 1 fully saturated rings. The Hall–Kier alpha value is -2.52. The van der Waals surface area contributed by atoms with Crippen molar-refractivity contribution < 1.29 is 27.8 Å². The zero-order chi connectivity index (χ0) is 23.5. The van der Waals surface area contributed by atoms with E-state index < -0.39 is 30.7 Å². The monoisotopic (exact) mass is 471 g/mol. The fourth-order valence-corrected chi connectivity index (χ4v) is 3.83. The van der Waals surface area contributed by atoms with Crippen LogP contribution >= 0.6 is 11.6 Å². The normalized spacial score (nSPS) is 17.3. The van der Waals surface area contributed by atoms with Gasteiger partial charge in [-0.3, -0.25) is 0 Å². The number of carbonyl (C=O) groups is 1. The fraction of sp³-hybridized carbons (Fsp3) is 0.455. The van der Waals surface area contributed by atoms with Gasteiger partial charge in [-0.1, -0.05) is 17.7 Å². The van der Waals surface area contributed by atoms with Crippen LogP contribution < -0.4 is 10.1 Å². The average molecular weight is 472 g/mol. The first kappa shape index (κ1) is 24.1. The maximum atomic E-state index is 12.6. The first-order valence-electron chi connectivity index (χ1n) is 10.2. The molecule has 0 bridgehead atoms. The van der Waals surface area contributed by atoms with Gasteiger partial charge in [0.25, 0.3) is 0 Å². The molecule has 0 spiro atoms. The Morgan fingerprint density at radius 3 is 2.81 bits per heavy atom. The number of alkyl halides is 3. The number of pyridine rings is 1. The van der Waals surface area contributed by atoms with E-state index in [4.69, 9.17) is 16.3 Å². The number of hydrogen-bond donors (Lipinski definition) is 2. The molecule has 2 atom stereocenters. The van der Waals surface area contributed by atoms with E-state index in [1.807, 2.05) is 13.0 Å². The van der Waals surface area contributed by atoms with Gasteiger partial charge in [-0.25, -0.2) is 9.78 Å². The van der Waals surface area contributed by atoms with Crippen LogP contribution in [-0.2, 0) is 0 Å². The first-order chi connectivity index (χ1) is 15.0. The van der Waals surface area contributed by atoms with E-state index in [0.29, 0.717) is 17.7 Å². The Kier molecular flexibility index (Phi) is 7.51. The van der Waals surface area contributed by atoms with Gasteiger partial charge in [-0.05, 0) is 61.1 Å². The molecule has 2 N–H and O–H groups in total. The van der Waals surface area contributed by atoms with E-state index in [1.54, 1.807) is 31.2 Å². The second-order valence-electron chi connectivity index (χ2n) is 8.06. The van der Waals surface area contributed by atoms with Crippen molar-refractivity contribution >= 4 is 23.3 Å². The van der Waals surface area contributed by atoms with E-state index in [1.165, 1.54) is 4.90 Å². The van der Waals surface area contributed by atoms with Gasteiger partial charge in [0.05, 0.1) is 6.10 Å². The Bertz CT molecular complexity index is 969. The number of hydrogen-bond acceptors (Lipinski definition) is 4. The number of aryl methyl sites for hydroxylation is 1. The number of anilines is 1. The van der Waals surface area contributed by atoms with Gasteiger partial charge in [0.1, 0.15) is 11.8 Å². The van der Waals surface area contributed by atoms with Crippen molar-refractivity contribution in [3.8, 4) is 17.0 Å². The lowest BCUT2D eigenvalue weighted by Crippen LogP contribution is -2.33. The molecule has 0 saturated carbocycles. The van der Waals surface area contributed by atoms with E-state index in [2.05, 4.69) is 10.3 Å². The number of aliphatic hydroxyl groups is 1. The van der Waals surface area contributed by atoms with E-state index in [-0.39, 0.29) is 30.7 Å². The third-order valence-corrected chi connectivity index (χ3v) is 5.33. The van der Waals surface area contributed by atoms with E-state index in [0.717, 1.165) is 11.1 Å². The first-order valence-corrected chi connectivity index (χ1v) is 10.6. The van der Waals surface area contributed by atoms with Gasteiger partial charge in [0.2, 0.25) is 5.88 Å². The second kappa shape index (κ2) is 9.95. The summed E-state index contributed by atoms with van der Waals surface area (Å²) in [5.41, 5.74) is 2.92. The average Bonchev–Trinajstić information content (AvgIpc) is 3.14. The summed E-state index contributed by atoms with van der Waals surface area (Å²) in [6, 6.07) is 8.23. The third-order valence-electron chi connectivity index (χ3n) is 5.14. The van der Waals surface area contributed by atoms with Crippen molar-refractivity contribution in [1.82, 2.24) is 9.88 Å². The van der Waals surface area contributed by atoms with Crippen LogP contribution in [0.25, 0.3) is 11.1 Å². The molecule has 6 nitrogen and oxygen atoms in total. The number of aliphatic hydroxyl groups excluding tert-OH is 1. The number of rotatable bonds is 6. The molecule has 1 saturated heterocycles. The second-order valence-corrected chi connectivity index (χ2v) is 8.44. The summed E-state index contributed by atoms with van der Waals surface area (Å²) >= 11 is 6.13. The molecule has 2 unspecified atom stereocenters. The number of halogens is 4. The molecule has 1 aliphatic heterocycles. The lowest BCUT2D eigenvalue weighted by molar-refractivity contribution is -0.143. The molecule has 2 amide bonds. The summed E-state index contributed by atoms with van der Waals surface area (Å²) < 4.78 is 43.3. The zero-order valence-electron chi connectivity index (χ0n) is 17.7. The summed E-state index contributed by atoms with van der Waals surface area (Å²) in [6.45, 7) is 3.91. The number of carbonyl (C=O) groups excluding carboxylic acids is 1. The van der Waals surface area contributed by atoms with Crippen molar-refractivity contribution in [1.29, 1.82) is 0 Å². The predicted molar refractivity (Wildman–Crippen MR) is 116 cm³/mol. The van der Waals surface area contributed by atoms with Crippen molar-refractivity contribution in [2.45, 2.75) is 39.0 Å². The molecular formula is C22H25ClF3N3O3. The molecule has 1 aromatic heterocycles. The van der Waals surface area contributed by atoms with Gasteiger partial charge in [-0.15, -0.1) is 0 Å². The summed E-state index contributed by atoms with van der Waals surface area (Å²) in [5, 5.41) is 12.4. The predicted octanol–water partition coefficient (Wildman–Crippen LogP) is 5.28. The summed E-state index contributed by atoms with van der Waals surface area (Å²) in [5.74, 6) is -0.316. The van der Waals surface area contributed by atoms with Crippen molar-refractivity contribution in [2.24, 2.45) is 5.92 Å². The highest BCUT2D eigenvalue weighted by molar-refractivity contribution is 6.29. The number of amides is 2. The Balaban J connectivity index is 1.73. The summed E-state index contributed by atoms with van der Waals surface area (Å²) in [6.07, 6.45) is -5.45. The third kappa shape index (κ3) is 6.74. The maximum Gasteiger partial charge on any atom is 0.389 e. The van der Waals surface area contributed by atoms with Crippen LogP contribution in [0.5, 0.6) is 5.88 Å². The Labute approximate surface area is 189 Å². The van der Waals surface area contributed by atoms with Gasteiger partial charge >= 0.3 is 12.2 Å². The molecular weight excluding hydrogens is 447 g/mol. The summed E-state index contributed by atoms with van der Waals surface area (Å²) in [4.78, 5) is 18.1. The summed E-state index contributed by atoms with van der Waals surface area (Å²) in [7, 11) is 0. The van der Waals surface area contributed by atoms with E-state index >= 15 is 0 Å². The lowest BCUT2D eigenvalue weighted by atomic mass is 10.0. The van der Waals surface area contributed by atoms with Gasteiger partial charge in [-0.2, -0.15) is 13.2 Å². The largest absolute Gasteiger partial charge is 0.475 e. The topological polar surface area (TPSA) is 74.7 Å². The molecule has 1 aromatic carbocycles. The van der Waals surface area contributed by atoms with Crippen LogP contribution in [-0.4, -0.2) is 53.0 Å². The lowest BCUT2D eigenvalue weighted by Gasteiger charge is -2.19. The standard InChI is InChI=1S/C22H25ClF3N3O3/c1-13-3-4-17(27-21(31)29-6-5-15(11-29)10-22(24,25)26)9-18(13)16-7-19(23)28-20(8-16)32-12-14(2)30/h3-4,7-9,14-15,30H,5-6,10-12H2,1-2H3,(H,27,31). The van der Waals surface area contributed by atoms with Gasteiger partial charge in [0.15, 0.2) is 0 Å². The zero-order valence-corrected chi connectivity index (χ0v) is 18.5. The van der Waals surface area contributed by atoms with Crippen LogP contribution in [0.15, 0.2) is 30.3 Å². The molecule has 174 valence electrons. The van der Waals surface area contributed by atoms with Crippen LogP contribution in [0.2, 0.25) is 5.15 Å². The highest BCUT2D eigenvalue weighted by atomic mass is 35.5. The molecule has 32 heavy (non-hydrogen) atoms. The number of benzene rings is 1. The number of urea groups is 1. The van der Waals surface area contributed by atoms with Crippen LogP contribution in [0.3, 0.4) is 0 Å². The van der Waals surface area contributed by atoms with Crippen LogP contribution in [0.4, 0.5) is 23.7 Å². The Morgan fingerprint density at radius 2 is 2.12 bits per heavy atom. The minimum atomic E-state index is -4.23. The minimum Gasteiger partial charge on any atom is -0.475 e. The number of nitrogens with zero attached hydrogens (tertiary/aromatic N) is 2. The van der Waals surface area contributed by atoms with Gasteiger partial charge < -0.3 is 20.1 Å². The van der Waals surface area contributed by atoms with Crippen molar-refractivity contribution in [2.75, 3.05) is 25.0 Å². The highest BCUT2D eigenvalue weighted by Crippen LogP contribution is 2.32.